The number of nitrogens with one attached hydrogen (secondary N) is 1. The lowest BCUT2D eigenvalue weighted by molar-refractivity contribution is -0.242. The second-order valence-corrected chi connectivity index (χ2v) is 4.82. The molecule has 2 N–H and O–H groups in total. The highest BCUT2D eigenvalue weighted by molar-refractivity contribution is 9.10. The van der Waals surface area contributed by atoms with Crippen LogP contribution in [0.4, 0.5) is 0 Å². The van der Waals surface area contributed by atoms with Gasteiger partial charge in [0.2, 0.25) is 0 Å². The maximum absolute atomic E-state index is 8.20. The van der Waals surface area contributed by atoms with Gasteiger partial charge in [-0.25, -0.2) is 9.87 Å². The fraction of sp³-hybridized carbons (Fsp3) is 0.333. The van der Waals surface area contributed by atoms with Crippen LogP contribution in [0, 0.1) is 0 Å². The first-order valence-corrected chi connectivity index (χ1v) is 6.52. The molecule has 1 aromatic heterocycles. The predicted octanol–water partition coefficient (Wildman–Crippen LogP) is 3.05. The summed E-state index contributed by atoms with van der Waals surface area (Å²) in [5.41, 5.74) is 0.986. The molecule has 2 aromatic rings. The van der Waals surface area contributed by atoms with Gasteiger partial charge >= 0.3 is 0 Å². The van der Waals surface area contributed by atoms with Gasteiger partial charge in [0, 0.05) is 16.5 Å². The van der Waals surface area contributed by atoms with E-state index < -0.39 is 0 Å². The van der Waals surface area contributed by atoms with Crippen molar-refractivity contribution in [3.63, 3.8) is 0 Å². The van der Waals surface area contributed by atoms with Gasteiger partial charge in [0.1, 0.15) is 5.82 Å². The van der Waals surface area contributed by atoms with Crippen molar-refractivity contribution in [1.82, 2.24) is 15.2 Å². The molecular weight excluding hydrogens is 298 g/mol. The number of rotatable bonds is 6. The van der Waals surface area contributed by atoms with Crippen LogP contribution in [0.2, 0.25) is 0 Å². The van der Waals surface area contributed by atoms with Crippen molar-refractivity contribution in [2.75, 3.05) is 6.61 Å². The average molecular weight is 312 g/mol. The van der Waals surface area contributed by atoms with Crippen LogP contribution in [0.5, 0.6) is 0 Å². The Morgan fingerprint density at radius 2 is 2.00 bits per heavy atom. The van der Waals surface area contributed by atoms with Crippen molar-refractivity contribution >= 4 is 15.9 Å². The van der Waals surface area contributed by atoms with E-state index in [2.05, 4.69) is 36.0 Å². The first-order chi connectivity index (χ1) is 8.79. The molecule has 96 valence electrons. The van der Waals surface area contributed by atoms with Crippen LogP contribution < -0.4 is 0 Å². The van der Waals surface area contributed by atoms with E-state index in [0.29, 0.717) is 12.4 Å². The number of benzene rings is 1. The molecule has 0 aliphatic heterocycles. The largest absolute Gasteiger partial charge is 0.263 e. The maximum atomic E-state index is 8.20. The minimum atomic E-state index is 0.355. The third-order valence-electron chi connectivity index (χ3n) is 2.53. The van der Waals surface area contributed by atoms with Crippen molar-refractivity contribution in [3.8, 4) is 11.4 Å². The minimum absolute atomic E-state index is 0.355. The van der Waals surface area contributed by atoms with Gasteiger partial charge in [-0.2, -0.15) is 5.10 Å². The summed E-state index contributed by atoms with van der Waals surface area (Å²) in [5, 5.41) is 15.3. The van der Waals surface area contributed by atoms with Crippen LogP contribution in [0.15, 0.2) is 28.7 Å². The summed E-state index contributed by atoms with van der Waals surface area (Å²) in [6.07, 6.45) is 2.49. The van der Waals surface area contributed by atoms with Gasteiger partial charge in [0.25, 0.3) is 0 Å². The summed E-state index contributed by atoms with van der Waals surface area (Å²) in [6, 6.07) is 7.86. The molecular formula is C12H14BrN3O2. The maximum Gasteiger partial charge on any atom is 0.181 e. The Morgan fingerprint density at radius 3 is 2.72 bits per heavy atom. The summed E-state index contributed by atoms with van der Waals surface area (Å²) in [6.45, 7) is 0.355. The van der Waals surface area contributed by atoms with Gasteiger partial charge in [0.05, 0.1) is 6.61 Å². The number of aromatic amines is 1. The molecule has 18 heavy (non-hydrogen) atoms. The summed E-state index contributed by atoms with van der Waals surface area (Å²) >= 11 is 3.39. The van der Waals surface area contributed by atoms with Crippen LogP contribution in [-0.2, 0) is 11.3 Å². The molecule has 0 aliphatic carbocycles. The van der Waals surface area contributed by atoms with Crippen LogP contribution in [0.25, 0.3) is 11.4 Å². The second kappa shape index (κ2) is 6.63. The Bertz CT molecular complexity index is 484. The zero-order valence-electron chi connectivity index (χ0n) is 9.77. The van der Waals surface area contributed by atoms with Crippen molar-refractivity contribution < 1.29 is 10.1 Å². The number of aromatic nitrogens is 3. The molecule has 1 aromatic carbocycles. The summed E-state index contributed by atoms with van der Waals surface area (Å²) in [7, 11) is 0. The number of hydrogen-bond acceptors (Lipinski definition) is 4. The van der Waals surface area contributed by atoms with Crippen molar-refractivity contribution in [2.45, 2.75) is 19.3 Å². The van der Waals surface area contributed by atoms with Crippen LogP contribution >= 0.6 is 15.9 Å². The quantitative estimate of drug-likeness (QED) is 0.488. The fourth-order valence-electron chi connectivity index (χ4n) is 1.59. The number of nitrogens with zero attached hydrogens (tertiary/aromatic N) is 2. The van der Waals surface area contributed by atoms with Crippen LogP contribution in [0.1, 0.15) is 18.7 Å². The highest BCUT2D eigenvalue weighted by Gasteiger charge is 2.05. The normalized spacial score (nSPS) is 10.8. The van der Waals surface area contributed by atoms with E-state index in [-0.39, 0.29) is 0 Å². The summed E-state index contributed by atoms with van der Waals surface area (Å²) in [4.78, 5) is 8.44. The number of aryl methyl sites for hydroxylation is 1. The summed E-state index contributed by atoms with van der Waals surface area (Å²) in [5.74, 6) is 1.56. The van der Waals surface area contributed by atoms with Crippen LogP contribution in [-0.4, -0.2) is 27.0 Å². The Balaban J connectivity index is 1.95. The van der Waals surface area contributed by atoms with Gasteiger partial charge < -0.3 is 0 Å². The van der Waals surface area contributed by atoms with E-state index in [4.69, 9.17) is 5.26 Å². The SMILES string of the molecule is OOCCCCc1nc(-c2ccc(Br)cc2)n[nH]1. The molecule has 0 bridgehead atoms. The molecule has 0 aliphatic rings. The van der Waals surface area contributed by atoms with E-state index in [1.807, 2.05) is 24.3 Å². The lowest BCUT2D eigenvalue weighted by Crippen LogP contribution is -1.93. The molecule has 0 fully saturated rings. The highest BCUT2D eigenvalue weighted by atomic mass is 79.9. The lowest BCUT2D eigenvalue weighted by atomic mass is 10.2. The molecule has 0 saturated heterocycles. The second-order valence-electron chi connectivity index (χ2n) is 3.90. The molecule has 0 spiro atoms. The Kier molecular flexibility index (Phi) is 4.86. The monoisotopic (exact) mass is 311 g/mol. The first-order valence-electron chi connectivity index (χ1n) is 5.73. The van der Waals surface area contributed by atoms with Crippen molar-refractivity contribution in [2.24, 2.45) is 0 Å². The van der Waals surface area contributed by atoms with E-state index in [1.165, 1.54) is 0 Å². The molecule has 1 heterocycles. The van der Waals surface area contributed by atoms with E-state index >= 15 is 0 Å². The molecule has 6 heteroatoms. The number of hydrogen-bond donors (Lipinski definition) is 2. The Morgan fingerprint density at radius 1 is 1.22 bits per heavy atom. The van der Waals surface area contributed by atoms with Gasteiger partial charge in [0.15, 0.2) is 5.82 Å². The smallest absolute Gasteiger partial charge is 0.181 e. The van der Waals surface area contributed by atoms with Crippen molar-refractivity contribution in [1.29, 1.82) is 0 Å². The molecule has 0 atom stereocenters. The molecule has 5 nitrogen and oxygen atoms in total. The lowest BCUT2D eigenvalue weighted by Gasteiger charge is -1.96. The minimum Gasteiger partial charge on any atom is -0.263 e. The Hall–Kier alpha value is -1.24. The molecule has 0 saturated carbocycles. The van der Waals surface area contributed by atoms with Gasteiger partial charge in [-0.3, -0.25) is 10.4 Å². The van der Waals surface area contributed by atoms with Gasteiger partial charge in [-0.05, 0) is 25.0 Å². The molecule has 0 unspecified atom stereocenters. The first kappa shape index (κ1) is 13.2. The highest BCUT2D eigenvalue weighted by Crippen LogP contribution is 2.18. The Labute approximate surface area is 113 Å². The third kappa shape index (κ3) is 3.63. The van der Waals surface area contributed by atoms with E-state index in [9.17, 15) is 0 Å². The molecule has 0 amide bonds. The fourth-order valence-corrected chi connectivity index (χ4v) is 1.86. The van der Waals surface area contributed by atoms with Crippen molar-refractivity contribution in [3.05, 3.63) is 34.6 Å². The zero-order valence-corrected chi connectivity index (χ0v) is 11.4. The number of unbranched alkanes of at least 4 members (excludes halogenated alkanes) is 1. The third-order valence-corrected chi connectivity index (χ3v) is 3.06. The zero-order chi connectivity index (χ0) is 12.8. The summed E-state index contributed by atoms with van der Waals surface area (Å²) < 4.78 is 1.03. The number of H-pyrrole nitrogens is 1. The topological polar surface area (TPSA) is 71.0 Å². The molecule has 2 rings (SSSR count). The van der Waals surface area contributed by atoms with Crippen LogP contribution in [0.3, 0.4) is 0 Å². The van der Waals surface area contributed by atoms with E-state index in [1.54, 1.807) is 0 Å². The number of halogens is 1. The van der Waals surface area contributed by atoms with Gasteiger partial charge in [-0.1, -0.05) is 28.1 Å². The predicted molar refractivity (Wildman–Crippen MR) is 71.0 cm³/mol. The van der Waals surface area contributed by atoms with Gasteiger partial charge in [-0.15, -0.1) is 0 Å². The van der Waals surface area contributed by atoms with E-state index in [0.717, 1.165) is 35.1 Å². The molecule has 0 radical (unpaired) electrons. The standard InChI is InChI=1S/C12H14BrN3O2/c13-10-6-4-9(5-7-10)12-14-11(15-16-12)3-1-2-8-18-17/h4-7,17H,1-3,8H2,(H,14,15,16). The average Bonchev–Trinajstić information content (AvgIpc) is 2.84.